The Bertz CT molecular complexity index is 1610. The number of rotatable bonds is 6. The molecule has 0 atom stereocenters. The average molecular weight is 488 g/mol. The fourth-order valence-corrected chi connectivity index (χ4v) is 4.44. The van der Waals surface area contributed by atoms with Crippen molar-refractivity contribution in [1.29, 1.82) is 0 Å². The van der Waals surface area contributed by atoms with Gasteiger partial charge in [0.15, 0.2) is 11.5 Å². The van der Waals surface area contributed by atoms with Gasteiger partial charge in [0.05, 0.1) is 22.0 Å². The maximum atomic E-state index is 11.3. The van der Waals surface area contributed by atoms with Crippen LogP contribution < -0.4 is 9.47 Å². The zero-order valence-electron chi connectivity index (χ0n) is 19.7. The Hall–Kier alpha value is -5.17. The van der Waals surface area contributed by atoms with Gasteiger partial charge in [-0.3, -0.25) is 15.1 Å². The van der Waals surface area contributed by atoms with Gasteiger partial charge in [-0.25, -0.2) is 0 Å². The molecule has 7 nitrogen and oxygen atoms in total. The van der Waals surface area contributed by atoms with Crippen LogP contribution in [-0.4, -0.2) is 22.5 Å². The van der Waals surface area contributed by atoms with Crippen LogP contribution in [-0.2, 0) is 0 Å². The van der Waals surface area contributed by atoms with Crippen molar-refractivity contribution in [2.45, 2.75) is 0 Å². The van der Waals surface area contributed by atoms with Gasteiger partial charge in [-0.2, -0.15) is 0 Å². The molecular formula is C30H21N3O4. The molecule has 0 saturated carbocycles. The molecule has 0 amide bonds. The molecule has 1 aliphatic rings. The minimum atomic E-state index is -0.390. The largest absolute Gasteiger partial charge is 0.454 e. The Kier molecular flexibility index (Phi) is 5.71. The van der Waals surface area contributed by atoms with Gasteiger partial charge in [0.1, 0.15) is 0 Å². The molecule has 0 bridgehead atoms. The highest BCUT2D eigenvalue weighted by atomic mass is 16.7. The molecule has 5 aromatic rings. The predicted molar refractivity (Wildman–Crippen MR) is 143 cm³/mol. The summed E-state index contributed by atoms with van der Waals surface area (Å²) in [6, 6.07) is 34.4. The second-order valence-corrected chi connectivity index (χ2v) is 8.47. The summed E-state index contributed by atoms with van der Waals surface area (Å²) in [5, 5.41) is 11.3. The third kappa shape index (κ3) is 4.34. The lowest BCUT2D eigenvalue weighted by Crippen LogP contribution is -2.01. The van der Waals surface area contributed by atoms with E-state index >= 15 is 0 Å². The first-order valence-electron chi connectivity index (χ1n) is 11.7. The number of non-ortho nitro benzene ring substituents is 1. The van der Waals surface area contributed by atoms with Gasteiger partial charge in [-0.05, 0) is 41.5 Å². The van der Waals surface area contributed by atoms with Crippen molar-refractivity contribution in [3.05, 3.63) is 125 Å². The first kappa shape index (κ1) is 22.3. The molecule has 0 aliphatic carbocycles. The van der Waals surface area contributed by atoms with Gasteiger partial charge >= 0.3 is 0 Å². The molecule has 7 heteroatoms. The number of hydrogen-bond acceptors (Lipinski definition) is 5. The van der Waals surface area contributed by atoms with E-state index in [4.69, 9.17) is 14.5 Å². The number of nitro groups is 1. The smallest absolute Gasteiger partial charge is 0.269 e. The van der Waals surface area contributed by atoms with Gasteiger partial charge < -0.3 is 14.0 Å². The van der Waals surface area contributed by atoms with Crippen molar-refractivity contribution in [1.82, 2.24) is 4.57 Å². The minimum Gasteiger partial charge on any atom is -0.454 e. The molecule has 0 spiro atoms. The molecule has 1 aliphatic heterocycles. The van der Waals surface area contributed by atoms with Crippen LogP contribution in [0.15, 0.2) is 114 Å². The summed E-state index contributed by atoms with van der Waals surface area (Å²) in [5.74, 6) is 1.38. The van der Waals surface area contributed by atoms with Crippen LogP contribution in [0.1, 0.15) is 5.56 Å². The number of fused-ring (bicyclic) bond motifs is 1. The summed E-state index contributed by atoms with van der Waals surface area (Å²) in [4.78, 5) is 15.7. The number of aromatic nitrogens is 1. The number of nitrogens with zero attached hydrogens (tertiary/aromatic N) is 3. The van der Waals surface area contributed by atoms with E-state index in [2.05, 4.69) is 10.6 Å². The summed E-state index contributed by atoms with van der Waals surface area (Å²) in [7, 11) is 0. The lowest BCUT2D eigenvalue weighted by atomic mass is 10.1. The van der Waals surface area contributed by atoms with Crippen LogP contribution in [0.3, 0.4) is 0 Å². The van der Waals surface area contributed by atoms with Crippen molar-refractivity contribution in [3.63, 3.8) is 0 Å². The molecule has 0 saturated heterocycles. The quantitative estimate of drug-likeness (QED) is 0.144. The summed E-state index contributed by atoms with van der Waals surface area (Å²) in [5.41, 5.74) is 6.39. The first-order chi connectivity index (χ1) is 18.2. The van der Waals surface area contributed by atoms with Gasteiger partial charge in [0.25, 0.3) is 5.69 Å². The highest BCUT2D eigenvalue weighted by Gasteiger charge is 2.20. The monoisotopic (exact) mass is 487 g/mol. The van der Waals surface area contributed by atoms with Crippen LogP contribution in [0.25, 0.3) is 28.2 Å². The number of ether oxygens (including phenoxy) is 2. The van der Waals surface area contributed by atoms with E-state index in [1.54, 1.807) is 12.1 Å². The van der Waals surface area contributed by atoms with Crippen molar-refractivity contribution < 1.29 is 14.4 Å². The minimum absolute atomic E-state index is 0.0445. The van der Waals surface area contributed by atoms with Gasteiger partial charge in [0, 0.05) is 35.7 Å². The van der Waals surface area contributed by atoms with E-state index in [0.717, 1.165) is 39.5 Å². The molecule has 37 heavy (non-hydrogen) atoms. The van der Waals surface area contributed by atoms with Crippen LogP contribution >= 0.6 is 0 Å². The van der Waals surface area contributed by atoms with Crippen molar-refractivity contribution in [2.75, 3.05) is 6.79 Å². The van der Waals surface area contributed by atoms with E-state index in [1.165, 1.54) is 12.1 Å². The van der Waals surface area contributed by atoms with Crippen molar-refractivity contribution in [3.8, 4) is 39.7 Å². The van der Waals surface area contributed by atoms with Crippen LogP contribution in [0, 0.1) is 10.1 Å². The number of aliphatic imine (C=N–C) groups is 1. The average Bonchev–Trinajstić information content (AvgIpc) is 3.57. The molecular weight excluding hydrogens is 466 g/mol. The lowest BCUT2D eigenvalue weighted by molar-refractivity contribution is -0.384. The Morgan fingerprint density at radius 1 is 0.784 bits per heavy atom. The molecule has 0 N–H and O–H groups in total. The molecule has 4 aromatic carbocycles. The second-order valence-electron chi connectivity index (χ2n) is 8.47. The maximum Gasteiger partial charge on any atom is 0.269 e. The van der Waals surface area contributed by atoms with E-state index in [1.807, 2.05) is 85.1 Å². The molecule has 0 unspecified atom stereocenters. The SMILES string of the molecule is O=[N+]([O-])c1ccc(-n2c(-c3ccccc3)cc(C=Nc3ccc4c(c3)OCO4)c2-c2ccccc2)cc1. The number of benzene rings is 4. The highest BCUT2D eigenvalue weighted by Crippen LogP contribution is 2.37. The van der Waals surface area contributed by atoms with E-state index in [9.17, 15) is 10.1 Å². The van der Waals surface area contributed by atoms with Crippen LogP contribution in [0.4, 0.5) is 11.4 Å². The van der Waals surface area contributed by atoms with E-state index in [-0.39, 0.29) is 17.4 Å². The molecule has 1 aromatic heterocycles. The standard InChI is InChI=1S/C30H21N3O4/c34-33(35)26-14-12-25(13-15-26)32-27(21-7-3-1-4-8-21)17-23(30(32)22-9-5-2-6-10-22)19-31-24-11-16-28-29(18-24)37-20-36-28/h1-19H,20H2. The normalized spacial score (nSPS) is 12.2. The van der Waals surface area contributed by atoms with Gasteiger partial charge in [0.2, 0.25) is 6.79 Å². The first-order valence-corrected chi connectivity index (χ1v) is 11.7. The Morgan fingerprint density at radius 3 is 2.16 bits per heavy atom. The Balaban J connectivity index is 1.55. The molecule has 2 heterocycles. The highest BCUT2D eigenvalue weighted by molar-refractivity contribution is 5.94. The summed E-state index contributed by atoms with van der Waals surface area (Å²) < 4.78 is 13.0. The molecule has 6 rings (SSSR count). The predicted octanol–water partition coefficient (Wildman–Crippen LogP) is 7.20. The fraction of sp³-hybridized carbons (Fsp3) is 0.0333. The zero-order chi connectivity index (χ0) is 25.2. The maximum absolute atomic E-state index is 11.3. The summed E-state index contributed by atoms with van der Waals surface area (Å²) >= 11 is 0. The Morgan fingerprint density at radius 2 is 1.46 bits per heavy atom. The van der Waals surface area contributed by atoms with Gasteiger partial charge in [-0.15, -0.1) is 0 Å². The summed E-state index contributed by atoms with van der Waals surface area (Å²) in [6.45, 7) is 0.208. The fourth-order valence-electron chi connectivity index (χ4n) is 4.44. The third-order valence-electron chi connectivity index (χ3n) is 6.17. The number of hydrogen-bond donors (Lipinski definition) is 0. The van der Waals surface area contributed by atoms with E-state index in [0.29, 0.717) is 11.5 Å². The Labute approximate surface area is 213 Å². The molecule has 0 radical (unpaired) electrons. The van der Waals surface area contributed by atoms with Gasteiger partial charge in [-0.1, -0.05) is 60.7 Å². The van der Waals surface area contributed by atoms with Crippen molar-refractivity contribution in [2.24, 2.45) is 4.99 Å². The lowest BCUT2D eigenvalue weighted by Gasteiger charge is -2.15. The second kappa shape index (κ2) is 9.47. The molecule has 0 fully saturated rings. The zero-order valence-corrected chi connectivity index (χ0v) is 19.7. The topological polar surface area (TPSA) is 78.9 Å². The molecule has 180 valence electrons. The van der Waals surface area contributed by atoms with Crippen molar-refractivity contribution >= 4 is 17.6 Å². The number of nitro benzene ring substituents is 1. The van der Waals surface area contributed by atoms with Crippen LogP contribution in [0.5, 0.6) is 11.5 Å². The van der Waals surface area contributed by atoms with E-state index < -0.39 is 0 Å². The summed E-state index contributed by atoms with van der Waals surface area (Å²) in [6.07, 6.45) is 1.84. The van der Waals surface area contributed by atoms with Crippen LogP contribution in [0.2, 0.25) is 0 Å². The third-order valence-corrected chi connectivity index (χ3v) is 6.17.